The second-order valence-electron chi connectivity index (χ2n) is 5.06. The van der Waals surface area contributed by atoms with Crippen molar-refractivity contribution in [1.82, 2.24) is 0 Å². The topological polar surface area (TPSA) is 84.5 Å². The Balaban J connectivity index is 2.08. The summed E-state index contributed by atoms with van der Waals surface area (Å²) in [7, 11) is 0. The molecule has 2 aromatic rings. The highest BCUT2D eigenvalue weighted by Crippen LogP contribution is 2.27. The Morgan fingerprint density at radius 2 is 1.79 bits per heavy atom. The van der Waals surface area contributed by atoms with Crippen LogP contribution in [-0.4, -0.2) is 24.4 Å². The Bertz CT molecular complexity index is 765. The lowest BCUT2D eigenvalue weighted by atomic mass is 10.2. The molecule has 6 nitrogen and oxygen atoms in total. The van der Waals surface area contributed by atoms with Crippen LogP contribution < -0.4 is 10.6 Å². The summed E-state index contributed by atoms with van der Waals surface area (Å²) in [6.07, 6.45) is 0. The summed E-state index contributed by atoms with van der Waals surface area (Å²) in [5.74, 6) is -0.853. The van der Waals surface area contributed by atoms with Crippen molar-refractivity contribution in [1.29, 1.82) is 0 Å². The molecule has 0 saturated heterocycles. The Kier molecular flexibility index (Phi) is 5.70. The molecule has 126 valence electrons. The lowest BCUT2D eigenvalue weighted by Gasteiger charge is -2.05. The number of ether oxygens (including phenoxy) is 1. The van der Waals surface area contributed by atoms with Gasteiger partial charge in [-0.3, -0.25) is 9.59 Å². The molecule has 24 heavy (non-hydrogen) atoms. The Labute approximate surface area is 143 Å². The molecule has 0 atom stereocenters. The number of aryl methyl sites for hydroxylation is 1. The molecule has 0 spiro atoms. The maximum atomic E-state index is 12.3. The number of rotatable bonds is 5. The molecule has 0 fully saturated rings. The van der Waals surface area contributed by atoms with E-state index in [4.69, 9.17) is 4.74 Å². The van der Waals surface area contributed by atoms with Crippen LogP contribution in [0.5, 0.6) is 0 Å². The first-order valence-corrected chi connectivity index (χ1v) is 8.19. The molecular formula is C17H18N2O4S. The predicted octanol–water partition coefficient (Wildman–Crippen LogP) is 3.44. The summed E-state index contributed by atoms with van der Waals surface area (Å²) in [4.78, 5) is 35.5. The quantitative estimate of drug-likeness (QED) is 0.812. The fraction of sp³-hybridized carbons (Fsp3) is 0.235. The molecule has 2 N–H and O–H groups in total. The van der Waals surface area contributed by atoms with E-state index in [0.717, 1.165) is 5.56 Å². The molecule has 0 aliphatic rings. The third-order valence-electron chi connectivity index (χ3n) is 3.08. The van der Waals surface area contributed by atoms with E-state index in [2.05, 4.69) is 10.6 Å². The van der Waals surface area contributed by atoms with Crippen LogP contribution in [0.15, 0.2) is 30.3 Å². The van der Waals surface area contributed by atoms with Gasteiger partial charge < -0.3 is 15.4 Å². The summed E-state index contributed by atoms with van der Waals surface area (Å²) >= 11 is 1.18. The van der Waals surface area contributed by atoms with Crippen LogP contribution in [0.25, 0.3) is 0 Å². The highest BCUT2D eigenvalue weighted by molar-refractivity contribution is 7.18. The smallest absolute Gasteiger partial charge is 0.348 e. The second kappa shape index (κ2) is 7.74. The van der Waals surface area contributed by atoms with Crippen molar-refractivity contribution in [2.45, 2.75) is 20.8 Å². The van der Waals surface area contributed by atoms with Gasteiger partial charge in [-0.05, 0) is 49.7 Å². The highest BCUT2D eigenvalue weighted by atomic mass is 32.1. The van der Waals surface area contributed by atoms with E-state index in [0.29, 0.717) is 27.7 Å². The largest absolute Gasteiger partial charge is 0.462 e. The van der Waals surface area contributed by atoms with Gasteiger partial charge in [0.05, 0.1) is 11.6 Å². The van der Waals surface area contributed by atoms with E-state index in [9.17, 15) is 14.4 Å². The monoisotopic (exact) mass is 346 g/mol. The van der Waals surface area contributed by atoms with Gasteiger partial charge >= 0.3 is 5.97 Å². The molecule has 1 aromatic carbocycles. The van der Waals surface area contributed by atoms with Crippen molar-refractivity contribution in [3.63, 3.8) is 0 Å². The summed E-state index contributed by atoms with van der Waals surface area (Å²) in [5.41, 5.74) is 1.83. The number of hydrogen-bond acceptors (Lipinski definition) is 5. The van der Waals surface area contributed by atoms with Crippen LogP contribution in [0.3, 0.4) is 0 Å². The molecule has 1 aromatic heterocycles. The molecule has 0 bridgehead atoms. The van der Waals surface area contributed by atoms with Crippen LogP contribution in [-0.2, 0) is 9.53 Å². The zero-order valence-electron chi connectivity index (χ0n) is 13.6. The third kappa shape index (κ3) is 4.42. The fourth-order valence-electron chi connectivity index (χ4n) is 2.04. The minimum atomic E-state index is -0.389. The second-order valence-corrected chi connectivity index (χ2v) is 6.11. The third-order valence-corrected chi connectivity index (χ3v) is 4.22. The number of nitrogens with one attached hydrogen (secondary N) is 2. The Morgan fingerprint density at radius 3 is 2.38 bits per heavy atom. The van der Waals surface area contributed by atoms with Gasteiger partial charge in [-0.25, -0.2) is 4.79 Å². The van der Waals surface area contributed by atoms with E-state index in [1.165, 1.54) is 18.3 Å². The summed E-state index contributed by atoms with van der Waals surface area (Å²) in [6, 6.07) is 8.28. The molecule has 7 heteroatoms. The molecule has 0 radical (unpaired) electrons. The van der Waals surface area contributed by atoms with Crippen molar-refractivity contribution in [3.8, 4) is 0 Å². The highest BCUT2D eigenvalue weighted by Gasteiger charge is 2.16. The zero-order chi connectivity index (χ0) is 17.7. The van der Waals surface area contributed by atoms with Crippen LogP contribution in [0.2, 0.25) is 0 Å². The van der Waals surface area contributed by atoms with Gasteiger partial charge in [-0.15, -0.1) is 11.3 Å². The summed E-state index contributed by atoms with van der Waals surface area (Å²) in [6.45, 7) is 5.26. The first-order valence-electron chi connectivity index (χ1n) is 7.37. The SMILES string of the molecule is CCOC(=O)c1sc(NC(=O)c2ccc(NC(C)=O)cc2)cc1C. The lowest BCUT2D eigenvalue weighted by molar-refractivity contribution is -0.114. The van der Waals surface area contributed by atoms with Gasteiger partial charge in [-0.1, -0.05) is 0 Å². The standard InChI is InChI=1S/C17H18N2O4S/c1-4-23-17(22)15-10(2)9-14(24-15)19-16(21)12-5-7-13(8-6-12)18-11(3)20/h5-9H,4H2,1-3H3,(H,18,20)(H,19,21). The molecular weight excluding hydrogens is 328 g/mol. The van der Waals surface area contributed by atoms with E-state index < -0.39 is 0 Å². The van der Waals surface area contributed by atoms with Crippen molar-refractivity contribution < 1.29 is 19.1 Å². The predicted molar refractivity (Wildman–Crippen MR) is 93.7 cm³/mol. The Hall–Kier alpha value is -2.67. The Morgan fingerprint density at radius 1 is 1.12 bits per heavy atom. The van der Waals surface area contributed by atoms with Crippen molar-refractivity contribution in [2.75, 3.05) is 17.2 Å². The number of thiophene rings is 1. The van der Waals surface area contributed by atoms with Crippen LogP contribution in [0.4, 0.5) is 10.7 Å². The lowest BCUT2D eigenvalue weighted by Crippen LogP contribution is -2.11. The van der Waals surface area contributed by atoms with Gasteiger partial charge in [0.25, 0.3) is 5.91 Å². The molecule has 0 aliphatic heterocycles. The number of esters is 1. The number of carbonyl (C=O) groups excluding carboxylic acids is 3. The van der Waals surface area contributed by atoms with Gasteiger partial charge in [0.15, 0.2) is 0 Å². The average molecular weight is 346 g/mol. The number of hydrogen-bond donors (Lipinski definition) is 2. The van der Waals surface area contributed by atoms with Crippen molar-refractivity contribution in [2.24, 2.45) is 0 Å². The first kappa shape index (κ1) is 17.7. The van der Waals surface area contributed by atoms with E-state index in [1.54, 1.807) is 44.2 Å². The summed E-state index contributed by atoms with van der Waals surface area (Å²) < 4.78 is 4.98. The van der Waals surface area contributed by atoms with E-state index in [1.807, 2.05) is 0 Å². The van der Waals surface area contributed by atoms with Gasteiger partial charge in [0.1, 0.15) is 4.88 Å². The zero-order valence-corrected chi connectivity index (χ0v) is 14.5. The van der Waals surface area contributed by atoms with Gasteiger partial charge in [0, 0.05) is 18.2 Å². The average Bonchev–Trinajstić information content (AvgIpc) is 2.88. The fourth-order valence-corrected chi connectivity index (χ4v) is 3.00. The van der Waals surface area contributed by atoms with E-state index in [-0.39, 0.29) is 17.8 Å². The minimum absolute atomic E-state index is 0.173. The molecule has 2 amide bonds. The molecule has 1 heterocycles. The van der Waals surface area contributed by atoms with Gasteiger partial charge in [0.2, 0.25) is 5.91 Å². The van der Waals surface area contributed by atoms with Crippen LogP contribution in [0.1, 0.15) is 39.4 Å². The van der Waals surface area contributed by atoms with Gasteiger partial charge in [-0.2, -0.15) is 0 Å². The maximum Gasteiger partial charge on any atom is 0.348 e. The molecule has 0 aliphatic carbocycles. The van der Waals surface area contributed by atoms with Crippen LogP contribution >= 0.6 is 11.3 Å². The van der Waals surface area contributed by atoms with Crippen molar-refractivity contribution >= 4 is 39.8 Å². The molecule has 0 unspecified atom stereocenters. The molecule has 2 rings (SSSR count). The number of carbonyl (C=O) groups is 3. The normalized spacial score (nSPS) is 10.1. The number of amides is 2. The minimum Gasteiger partial charge on any atom is -0.462 e. The number of anilines is 2. The molecule has 0 saturated carbocycles. The van der Waals surface area contributed by atoms with E-state index >= 15 is 0 Å². The maximum absolute atomic E-state index is 12.3. The summed E-state index contributed by atoms with van der Waals surface area (Å²) in [5, 5.41) is 5.97. The van der Waals surface area contributed by atoms with Crippen LogP contribution in [0, 0.1) is 6.92 Å². The first-order chi connectivity index (χ1) is 11.4. The number of benzene rings is 1. The van der Waals surface area contributed by atoms with Crippen molar-refractivity contribution in [3.05, 3.63) is 46.3 Å².